The van der Waals surface area contributed by atoms with Crippen molar-refractivity contribution in [2.24, 2.45) is 0 Å². The highest BCUT2D eigenvalue weighted by molar-refractivity contribution is 6.39. The molecule has 1 unspecified atom stereocenters. The summed E-state index contributed by atoms with van der Waals surface area (Å²) in [6, 6.07) is 4.07. The molecule has 0 saturated carbocycles. The Morgan fingerprint density at radius 3 is 2.37 bits per heavy atom. The van der Waals surface area contributed by atoms with Crippen LogP contribution in [0.25, 0.3) is 0 Å². The van der Waals surface area contributed by atoms with E-state index < -0.39 is 17.9 Å². The maximum atomic E-state index is 12.1. The highest BCUT2D eigenvalue weighted by Gasteiger charge is 2.23. The predicted octanol–water partition coefficient (Wildman–Crippen LogP) is 3.06. The largest absolute Gasteiger partial charge is 0.467 e. The fraction of sp³-hybridized carbons (Fsp3) is 0.385. The first-order chi connectivity index (χ1) is 9.01. The second-order valence-corrected chi connectivity index (χ2v) is 4.75. The summed E-state index contributed by atoms with van der Waals surface area (Å²) in [6.07, 6.45) is 1.22. The van der Waals surface area contributed by atoms with Crippen LogP contribution in [0, 0.1) is 0 Å². The lowest BCUT2D eigenvalue weighted by atomic mass is 10.1. The predicted molar refractivity (Wildman–Crippen MR) is 74.6 cm³/mol. The Morgan fingerprint density at radius 1 is 1.32 bits per heavy atom. The fourth-order valence-corrected chi connectivity index (χ4v) is 2.19. The number of hydrogen-bond donors (Lipinski definition) is 1. The number of nitrogens with one attached hydrogen (secondary N) is 1. The van der Waals surface area contributed by atoms with Crippen molar-refractivity contribution in [3.05, 3.63) is 33.8 Å². The van der Waals surface area contributed by atoms with Crippen molar-refractivity contribution in [2.45, 2.75) is 25.8 Å². The van der Waals surface area contributed by atoms with E-state index in [0.29, 0.717) is 6.42 Å². The zero-order valence-electron chi connectivity index (χ0n) is 10.7. The molecule has 0 aromatic heterocycles. The van der Waals surface area contributed by atoms with Crippen LogP contribution in [0.2, 0.25) is 10.0 Å². The van der Waals surface area contributed by atoms with Gasteiger partial charge in [-0.15, -0.1) is 0 Å². The minimum absolute atomic E-state index is 0.163. The Kier molecular flexibility index (Phi) is 6.12. The summed E-state index contributed by atoms with van der Waals surface area (Å²) in [5.41, 5.74) is 0.163. The topological polar surface area (TPSA) is 55.4 Å². The summed E-state index contributed by atoms with van der Waals surface area (Å²) in [6.45, 7) is 1.91. The number of amides is 1. The lowest BCUT2D eigenvalue weighted by molar-refractivity contribution is -0.143. The average molecular weight is 304 g/mol. The van der Waals surface area contributed by atoms with E-state index in [-0.39, 0.29) is 15.6 Å². The SMILES string of the molecule is CCCC(NC(=O)c1c(Cl)cccc1Cl)C(=O)OC. The van der Waals surface area contributed by atoms with Gasteiger partial charge < -0.3 is 10.1 Å². The first kappa shape index (κ1) is 15.8. The Balaban J connectivity index is 2.91. The van der Waals surface area contributed by atoms with Crippen LogP contribution < -0.4 is 5.32 Å². The Hall–Kier alpha value is -1.26. The minimum Gasteiger partial charge on any atom is -0.467 e. The molecule has 19 heavy (non-hydrogen) atoms. The van der Waals surface area contributed by atoms with Gasteiger partial charge in [-0.1, -0.05) is 42.6 Å². The Labute approximate surface area is 122 Å². The van der Waals surface area contributed by atoms with Crippen molar-refractivity contribution in [2.75, 3.05) is 7.11 Å². The third-order valence-corrected chi connectivity index (χ3v) is 3.19. The van der Waals surface area contributed by atoms with Gasteiger partial charge in [0.05, 0.1) is 22.7 Å². The van der Waals surface area contributed by atoms with Gasteiger partial charge in [-0.05, 0) is 18.6 Å². The van der Waals surface area contributed by atoms with Gasteiger partial charge in [0.15, 0.2) is 0 Å². The third-order valence-electron chi connectivity index (χ3n) is 2.56. The molecule has 0 spiro atoms. The molecule has 0 aliphatic rings. The number of ether oxygens (including phenoxy) is 1. The fourth-order valence-electron chi connectivity index (χ4n) is 1.63. The molecule has 0 aliphatic heterocycles. The lowest BCUT2D eigenvalue weighted by Crippen LogP contribution is -2.41. The van der Waals surface area contributed by atoms with Crippen LogP contribution in [0.4, 0.5) is 0 Å². The van der Waals surface area contributed by atoms with Crippen LogP contribution in [0.3, 0.4) is 0 Å². The van der Waals surface area contributed by atoms with E-state index in [9.17, 15) is 9.59 Å². The van der Waals surface area contributed by atoms with E-state index in [0.717, 1.165) is 6.42 Å². The van der Waals surface area contributed by atoms with E-state index in [1.54, 1.807) is 18.2 Å². The number of rotatable bonds is 5. The number of carbonyl (C=O) groups is 2. The molecule has 1 aromatic rings. The molecule has 4 nitrogen and oxygen atoms in total. The smallest absolute Gasteiger partial charge is 0.328 e. The average Bonchev–Trinajstić information content (AvgIpc) is 2.37. The zero-order valence-corrected chi connectivity index (χ0v) is 12.2. The number of benzene rings is 1. The molecule has 0 aliphatic carbocycles. The van der Waals surface area contributed by atoms with Crippen molar-refractivity contribution in [3.63, 3.8) is 0 Å². The molecule has 1 rings (SSSR count). The molecule has 0 fully saturated rings. The molecular formula is C13H15Cl2NO3. The van der Waals surface area contributed by atoms with Crippen LogP contribution in [0.15, 0.2) is 18.2 Å². The van der Waals surface area contributed by atoms with Crippen LogP contribution in [0.5, 0.6) is 0 Å². The van der Waals surface area contributed by atoms with Crippen molar-refractivity contribution >= 4 is 35.1 Å². The minimum atomic E-state index is -0.699. The zero-order chi connectivity index (χ0) is 14.4. The standard InChI is InChI=1S/C13H15Cl2NO3/c1-3-5-10(13(18)19-2)16-12(17)11-8(14)6-4-7-9(11)15/h4,6-7,10H,3,5H2,1-2H3,(H,16,17). The van der Waals surface area contributed by atoms with E-state index in [1.807, 2.05) is 6.92 Å². The normalized spacial score (nSPS) is 11.8. The van der Waals surface area contributed by atoms with Gasteiger partial charge in [-0.2, -0.15) is 0 Å². The second-order valence-electron chi connectivity index (χ2n) is 3.93. The van der Waals surface area contributed by atoms with Crippen molar-refractivity contribution < 1.29 is 14.3 Å². The molecule has 6 heteroatoms. The van der Waals surface area contributed by atoms with Gasteiger partial charge >= 0.3 is 5.97 Å². The van der Waals surface area contributed by atoms with Crippen LogP contribution >= 0.6 is 23.2 Å². The molecule has 0 radical (unpaired) electrons. The molecular weight excluding hydrogens is 289 g/mol. The molecule has 1 atom stereocenters. The quantitative estimate of drug-likeness (QED) is 0.851. The molecule has 1 aromatic carbocycles. The van der Waals surface area contributed by atoms with Crippen LogP contribution in [-0.2, 0) is 9.53 Å². The van der Waals surface area contributed by atoms with Crippen LogP contribution in [-0.4, -0.2) is 25.0 Å². The lowest BCUT2D eigenvalue weighted by Gasteiger charge is -2.16. The number of carbonyl (C=O) groups excluding carboxylic acids is 2. The van der Waals surface area contributed by atoms with Gasteiger partial charge in [0, 0.05) is 0 Å². The maximum absolute atomic E-state index is 12.1. The van der Waals surface area contributed by atoms with E-state index >= 15 is 0 Å². The van der Waals surface area contributed by atoms with Crippen LogP contribution in [0.1, 0.15) is 30.1 Å². The van der Waals surface area contributed by atoms with Gasteiger partial charge in [0.2, 0.25) is 0 Å². The van der Waals surface area contributed by atoms with Crippen molar-refractivity contribution in [1.29, 1.82) is 0 Å². The summed E-state index contributed by atoms with van der Waals surface area (Å²) in [4.78, 5) is 23.6. The first-order valence-corrected chi connectivity index (χ1v) is 6.59. The van der Waals surface area contributed by atoms with Gasteiger partial charge in [-0.3, -0.25) is 4.79 Å². The summed E-state index contributed by atoms with van der Waals surface area (Å²) in [5, 5.41) is 3.07. The van der Waals surface area contributed by atoms with E-state index in [4.69, 9.17) is 23.2 Å². The third kappa shape index (κ3) is 4.11. The molecule has 104 valence electrons. The van der Waals surface area contributed by atoms with E-state index in [1.165, 1.54) is 7.11 Å². The Bertz CT molecular complexity index is 457. The molecule has 1 N–H and O–H groups in total. The summed E-state index contributed by atoms with van der Waals surface area (Å²) in [5.74, 6) is -0.974. The summed E-state index contributed by atoms with van der Waals surface area (Å²) in [7, 11) is 1.28. The highest BCUT2D eigenvalue weighted by Crippen LogP contribution is 2.24. The Morgan fingerprint density at radius 2 is 1.89 bits per heavy atom. The molecule has 0 bridgehead atoms. The molecule has 1 amide bonds. The number of halogens is 2. The number of hydrogen-bond acceptors (Lipinski definition) is 3. The van der Waals surface area contributed by atoms with Gasteiger partial charge in [0.25, 0.3) is 5.91 Å². The highest BCUT2D eigenvalue weighted by atomic mass is 35.5. The van der Waals surface area contributed by atoms with Crippen molar-refractivity contribution in [1.82, 2.24) is 5.32 Å². The second kappa shape index (κ2) is 7.36. The van der Waals surface area contributed by atoms with Crippen molar-refractivity contribution in [3.8, 4) is 0 Å². The molecule has 0 saturated heterocycles. The number of methoxy groups -OCH3 is 1. The van der Waals surface area contributed by atoms with Gasteiger partial charge in [-0.25, -0.2) is 4.79 Å². The summed E-state index contributed by atoms with van der Waals surface area (Å²) < 4.78 is 4.64. The van der Waals surface area contributed by atoms with E-state index in [2.05, 4.69) is 10.1 Å². The maximum Gasteiger partial charge on any atom is 0.328 e. The first-order valence-electron chi connectivity index (χ1n) is 5.84. The summed E-state index contributed by atoms with van der Waals surface area (Å²) >= 11 is 11.9. The number of esters is 1. The molecule has 0 heterocycles. The monoisotopic (exact) mass is 303 g/mol. The van der Waals surface area contributed by atoms with Gasteiger partial charge in [0.1, 0.15) is 6.04 Å².